The molecule has 0 saturated carbocycles. The Labute approximate surface area is 111 Å². The molecule has 0 amide bonds. The summed E-state index contributed by atoms with van der Waals surface area (Å²) in [6.07, 6.45) is 2.64. The monoisotopic (exact) mass is 253 g/mol. The quantitative estimate of drug-likeness (QED) is 0.753. The van der Waals surface area contributed by atoms with Crippen LogP contribution in [0.2, 0.25) is 0 Å². The number of aromatic amines is 1. The van der Waals surface area contributed by atoms with Gasteiger partial charge in [-0.05, 0) is 25.1 Å². The molecule has 3 rings (SSSR count). The second-order valence-electron chi connectivity index (χ2n) is 4.46. The van der Waals surface area contributed by atoms with Crippen LogP contribution in [0.1, 0.15) is 18.4 Å². The second-order valence-corrected chi connectivity index (χ2v) is 4.46. The molecule has 3 aromatic rings. The molecule has 19 heavy (non-hydrogen) atoms. The molecular weight excluding hydrogens is 238 g/mol. The summed E-state index contributed by atoms with van der Waals surface area (Å²) < 4.78 is 0. The van der Waals surface area contributed by atoms with Gasteiger partial charge in [-0.1, -0.05) is 6.92 Å². The van der Waals surface area contributed by atoms with E-state index in [1.165, 1.54) is 0 Å². The molecule has 0 atom stereocenters. The molecule has 5 nitrogen and oxygen atoms in total. The molecular formula is C14H15N5. The Morgan fingerprint density at radius 3 is 2.95 bits per heavy atom. The van der Waals surface area contributed by atoms with Crippen LogP contribution in [-0.4, -0.2) is 20.2 Å². The zero-order valence-electron chi connectivity index (χ0n) is 10.9. The predicted molar refractivity (Wildman–Crippen MR) is 75.5 cm³/mol. The standard InChI is InChI=1S/C14H15N5/c1-3-13-16-9(2)6-14(18-13)17-11-4-5-12-10(7-11)8-15-19-12/h4-8H,3H2,1-2H3,(H,15,19)(H,16,17,18). The lowest BCUT2D eigenvalue weighted by molar-refractivity contribution is 0.921. The van der Waals surface area contributed by atoms with E-state index in [1.807, 2.05) is 37.4 Å². The van der Waals surface area contributed by atoms with Crippen molar-refractivity contribution >= 4 is 22.4 Å². The van der Waals surface area contributed by atoms with Crippen molar-refractivity contribution in [2.24, 2.45) is 0 Å². The van der Waals surface area contributed by atoms with Gasteiger partial charge in [0.15, 0.2) is 0 Å². The van der Waals surface area contributed by atoms with E-state index < -0.39 is 0 Å². The summed E-state index contributed by atoms with van der Waals surface area (Å²) in [7, 11) is 0. The molecule has 0 spiro atoms. The topological polar surface area (TPSA) is 66.5 Å². The van der Waals surface area contributed by atoms with Gasteiger partial charge < -0.3 is 5.32 Å². The van der Waals surface area contributed by atoms with Crippen LogP contribution in [0.4, 0.5) is 11.5 Å². The molecule has 0 bridgehead atoms. The van der Waals surface area contributed by atoms with Crippen LogP contribution < -0.4 is 5.32 Å². The zero-order chi connectivity index (χ0) is 13.2. The van der Waals surface area contributed by atoms with E-state index in [0.717, 1.165) is 40.3 Å². The van der Waals surface area contributed by atoms with E-state index in [1.54, 1.807) is 0 Å². The maximum atomic E-state index is 4.47. The van der Waals surface area contributed by atoms with Gasteiger partial charge in [-0.15, -0.1) is 0 Å². The normalized spacial score (nSPS) is 10.8. The van der Waals surface area contributed by atoms with Crippen LogP contribution in [-0.2, 0) is 6.42 Å². The van der Waals surface area contributed by atoms with Crippen molar-refractivity contribution in [2.45, 2.75) is 20.3 Å². The minimum atomic E-state index is 0.826. The molecule has 0 fully saturated rings. The summed E-state index contributed by atoms with van der Waals surface area (Å²) in [6, 6.07) is 7.99. The molecule has 2 aromatic heterocycles. The van der Waals surface area contributed by atoms with Gasteiger partial charge in [-0.3, -0.25) is 5.10 Å². The third-order valence-electron chi connectivity index (χ3n) is 2.93. The van der Waals surface area contributed by atoms with Gasteiger partial charge in [0.2, 0.25) is 0 Å². The molecule has 0 aliphatic carbocycles. The Hall–Kier alpha value is -2.43. The van der Waals surface area contributed by atoms with Gasteiger partial charge in [0, 0.05) is 29.3 Å². The summed E-state index contributed by atoms with van der Waals surface area (Å²) in [6.45, 7) is 4.03. The highest BCUT2D eigenvalue weighted by molar-refractivity contribution is 5.82. The molecule has 5 heteroatoms. The van der Waals surface area contributed by atoms with Crippen molar-refractivity contribution in [3.8, 4) is 0 Å². The summed E-state index contributed by atoms with van der Waals surface area (Å²) in [5, 5.41) is 11.3. The first-order valence-corrected chi connectivity index (χ1v) is 6.29. The first-order valence-electron chi connectivity index (χ1n) is 6.29. The fourth-order valence-electron chi connectivity index (χ4n) is 2.02. The number of hydrogen-bond acceptors (Lipinski definition) is 4. The number of benzene rings is 1. The Morgan fingerprint density at radius 2 is 2.11 bits per heavy atom. The molecule has 0 unspecified atom stereocenters. The first-order chi connectivity index (χ1) is 9.24. The lowest BCUT2D eigenvalue weighted by Gasteiger charge is -2.08. The van der Waals surface area contributed by atoms with Crippen molar-refractivity contribution in [3.63, 3.8) is 0 Å². The van der Waals surface area contributed by atoms with E-state index in [2.05, 4.69) is 32.4 Å². The van der Waals surface area contributed by atoms with Crippen LogP contribution in [0.3, 0.4) is 0 Å². The second kappa shape index (κ2) is 4.68. The largest absolute Gasteiger partial charge is 0.340 e. The fourth-order valence-corrected chi connectivity index (χ4v) is 2.02. The van der Waals surface area contributed by atoms with Crippen molar-refractivity contribution in [1.82, 2.24) is 20.2 Å². The molecule has 2 heterocycles. The number of anilines is 2. The van der Waals surface area contributed by atoms with E-state index in [9.17, 15) is 0 Å². The summed E-state index contributed by atoms with van der Waals surface area (Å²) in [5.74, 6) is 1.68. The van der Waals surface area contributed by atoms with Crippen LogP contribution in [0.5, 0.6) is 0 Å². The van der Waals surface area contributed by atoms with Crippen LogP contribution in [0.25, 0.3) is 10.9 Å². The number of hydrogen-bond donors (Lipinski definition) is 2. The van der Waals surface area contributed by atoms with Crippen molar-refractivity contribution in [2.75, 3.05) is 5.32 Å². The number of aromatic nitrogens is 4. The van der Waals surface area contributed by atoms with Gasteiger partial charge >= 0.3 is 0 Å². The molecule has 0 aliphatic rings. The Bertz CT molecular complexity index is 717. The SMILES string of the molecule is CCc1nc(C)cc(Nc2ccc3[nH]ncc3c2)n1. The van der Waals surface area contributed by atoms with Crippen molar-refractivity contribution in [1.29, 1.82) is 0 Å². The molecule has 0 aliphatic heterocycles. The molecule has 0 saturated heterocycles. The predicted octanol–water partition coefficient (Wildman–Crippen LogP) is 2.97. The number of aryl methyl sites for hydroxylation is 2. The van der Waals surface area contributed by atoms with E-state index >= 15 is 0 Å². The molecule has 1 aromatic carbocycles. The average Bonchev–Trinajstić information content (AvgIpc) is 2.85. The van der Waals surface area contributed by atoms with Crippen LogP contribution in [0, 0.1) is 6.92 Å². The minimum Gasteiger partial charge on any atom is -0.340 e. The van der Waals surface area contributed by atoms with Crippen molar-refractivity contribution in [3.05, 3.63) is 42.0 Å². The third-order valence-corrected chi connectivity index (χ3v) is 2.93. The lowest BCUT2D eigenvalue weighted by Crippen LogP contribution is -2.00. The third kappa shape index (κ3) is 2.40. The first kappa shape index (κ1) is 11.6. The van der Waals surface area contributed by atoms with E-state index in [4.69, 9.17) is 0 Å². The summed E-state index contributed by atoms with van der Waals surface area (Å²) in [5.41, 5.74) is 2.99. The Kier molecular flexibility index (Phi) is 2.87. The molecule has 0 radical (unpaired) electrons. The highest BCUT2D eigenvalue weighted by Crippen LogP contribution is 2.20. The number of fused-ring (bicyclic) bond motifs is 1. The zero-order valence-corrected chi connectivity index (χ0v) is 10.9. The maximum absolute atomic E-state index is 4.47. The van der Waals surface area contributed by atoms with Gasteiger partial charge in [-0.2, -0.15) is 5.10 Å². The highest BCUT2D eigenvalue weighted by Gasteiger charge is 2.03. The summed E-state index contributed by atoms with van der Waals surface area (Å²) >= 11 is 0. The van der Waals surface area contributed by atoms with E-state index in [0.29, 0.717) is 0 Å². The van der Waals surface area contributed by atoms with Crippen LogP contribution >= 0.6 is 0 Å². The van der Waals surface area contributed by atoms with Gasteiger partial charge in [0.1, 0.15) is 11.6 Å². The number of nitrogens with one attached hydrogen (secondary N) is 2. The molecule has 2 N–H and O–H groups in total. The maximum Gasteiger partial charge on any atom is 0.134 e. The molecule has 96 valence electrons. The Morgan fingerprint density at radius 1 is 1.21 bits per heavy atom. The van der Waals surface area contributed by atoms with Gasteiger partial charge in [0.25, 0.3) is 0 Å². The van der Waals surface area contributed by atoms with Crippen molar-refractivity contribution < 1.29 is 0 Å². The van der Waals surface area contributed by atoms with Crippen LogP contribution in [0.15, 0.2) is 30.5 Å². The van der Waals surface area contributed by atoms with Gasteiger partial charge in [-0.25, -0.2) is 9.97 Å². The fraction of sp³-hybridized carbons (Fsp3) is 0.214. The highest BCUT2D eigenvalue weighted by atomic mass is 15.1. The Balaban J connectivity index is 1.93. The van der Waals surface area contributed by atoms with E-state index in [-0.39, 0.29) is 0 Å². The number of nitrogens with zero attached hydrogens (tertiary/aromatic N) is 3. The lowest BCUT2D eigenvalue weighted by atomic mass is 10.2. The number of rotatable bonds is 3. The number of H-pyrrole nitrogens is 1. The smallest absolute Gasteiger partial charge is 0.134 e. The van der Waals surface area contributed by atoms with Gasteiger partial charge in [0.05, 0.1) is 11.7 Å². The average molecular weight is 253 g/mol. The summed E-state index contributed by atoms with van der Waals surface area (Å²) in [4.78, 5) is 8.84. The minimum absolute atomic E-state index is 0.826.